The Labute approximate surface area is 245 Å². The smallest absolute Gasteiger partial charge is 0.193 e. The summed E-state index contributed by atoms with van der Waals surface area (Å²) in [5.41, 5.74) is 2.63. The first-order chi connectivity index (χ1) is 20.2. The molecule has 4 aromatic carbocycles. The van der Waals surface area contributed by atoms with Crippen LogP contribution in [-0.4, -0.2) is 56.9 Å². The van der Waals surface area contributed by atoms with Crippen molar-refractivity contribution in [1.29, 1.82) is 0 Å². The largest absolute Gasteiger partial charge is 0.457 e. The predicted molar refractivity (Wildman–Crippen MR) is 164 cm³/mol. The van der Waals surface area contributed by atoms with E-state index in [9.17, 15) is 13.6 Å². The van der Waals surface area contributed by atoms with Crippen LogP contribution in [0.3, 0.4) is 0 Å². The van der Waals surface area contributed by atoms with E-state index in [1.807, 2.05) is 74.4 Å². The second-order valence-electron chi connectivity index (χ2n) is 10.2. The van der Waals surface area contributed by atoms with E-state index in [2.05, 4.69) is 0 Å². The molecular formula is C35H34F2N2O3. The van der Waals surface area contributed by atoms with Crippen LogP contribution < -0.4 is 9.47 Å². The maximum absolute atomic E-state index is 14.2. The van der Waals surface area contributed by atoms with Crippen molar-refractivity contribution >= 4 is 16.9 Å². The van der Waals surface area contributed by atoms with Crippen molar-refractivity contribution < 1.29 is 23.0 Å². The van der Waals surface area contributed by atoms with E-state index in [0.29, 0.717) is 47.2 Å². The number of allylic oxidation sites excluding steroid dienone is 2. The summed E-state index contributed by atoms with van der Waals surface area (Å²) in [5.74, 6) is 1.40. The molecule has 0 aromatic heterocycles. The second kappa shape index (κ2) is 14.3. The Bertz CT molecular complexity index is 1410. The zero-order chi connectivity index (χ0) is 30.1. The predicted octanol–water partition coefficient (Wildman–Crippen LogP) is 7.71. The molecule has 0 atom stereocenters. The van der Waals surface area contributed by atoms with Crippen LogP contribution in [-0.2, 0) is 4.79 Å². The molecule has 7 heteroatoms. The molecule has 0 saturated heterocycles. The van der Waals surface area contributed by atoms with E-state index in [4.69, 9.17) is 9.47 Å². The minimum absolute atomic E-state index is 0.113. The van der Waals surface area contributed by atoms with E-state index in [1.54, 1.807) is 48.5 Å². The molecule has 0 aliphatic carbocycles. The fourth-order valence-electron chi connectivity index (χ4n) is 4.06. The van der Waals surface area contributed by atoms with Crippen LogP contribution in [0, 0.1) is 11.6 Å². The lowest BCUT2D eigenvalue weighted by molar-refractivity contribution is -0.108. The number of hydrogen-bond acceptors (Lipinski definition) is 5. The van der Waals surface area contributed by atoms with Gasteiger partial charge in [0.1, 0.15) is 34.6 Å². The maximum Gasteiger partial charge on any atom is 0.193 e. The number of ketones is 1. The lowest BCUT2D eigenvalue weighted by Crippen LogP contribution is -2.15. The van der Waals surface area contributed by atoms with Crippen LogP contribution in [0.5, 0.6) is 23.0 Å². The number of ether oxygens (including phenoxy) is 2. The Morgan fingerprint density at radius 2 is 0.833 bits per heavy atom. The second-order valence-corrected chi connectivity index (χ2v) is 10.2. The van der Waals surface area contributed by atoms with Crippen molar-refractivity contribution in [3.05, 3.63) is 132 Å². The van der Waals surface area contributed by atoms with Gasteiger partial charge in [-0.25, -0.2) is 8.78 Å². The zero-order valence-corrected chi connectivity index (χ0v) is 24.2. The van der Waals surface area contributed by atoms with Crippen molar-refractivity contribution in [3.63, 3.8) is 0 Å². The number of likely N-dealkylation sites (N-methyl/N-ethyl adjacent to an activating group) is 2. The van der Waals surface area contributed by atoms with Crippen LogP contribution in [0.2, 0.25) is 0 Å². The SMILES string of the molecule is CN(C)CC=C(C(=O)C(=CCN(C)C)c1ccc(Oc2ccc(F)cc2)cc1)c1ccc(Oc2ccc(F)cc2)cc1. The van der Waals surface area contributed by atoms with Crippen molar-refractivity contribution in [2.75, 3.05) is 41.3 Å². The molecule has 0 fully saturated rings. The summed E-state index contributed by atoms with van der Waals surface area (Å²) in [4.78, 5) is 18.2. The van der Waals surface area contributed by atoms with E-state index in [0.717, 1.165) is 11.1 Å². The van der Waals surface area contributed by atoms with E-state index >= 15 is 0 Å². The standard InChI is InChI=1S/C35H34F2N2O3/c1-38(2)23-21-33(25-5-13-29(14-6-25)41-31-17-9-27(36)10-18-31)35(40)34(22-24-39(3)4)26-7-15-30(16-8-26)42-32-19-11-28(37)12-20-32/h5-22H,23-24H2,1-4H3. The fraction of sp³-hybridized carbons (Fsp3) is 0.171. The number of Topliss-reactive ketones (excluding diaryl/α,β-unsaturated/α-hetero) is 1. The number of carbonyl (C=O) groups is 1. The van der Waals surface area contributed by atoms with Crippen molar-refractivity contribution in [2.24, 2.45) is 0 Å². The highest BCUT2D eigenvalue weighted by Gasteiger charge is 2.19. The van der Waals surface area contributed by atoms with Crippen molar-refractivity contribution in [3.8, 4) is 23.0 Å². The average molecular weight is 569 g/mol. The van der Waals surface area contributed by atoms with Gasteiger partial charge in [-0.1, -0.05) is 36.4 Å². The van der Waals surface area contributed by atoms with Gasteiger partial charge >= 0.3 is 0 Å². The van der Waals surface area contributed by atoms with Crippen LogP contribution in [0.15, 0.2) is 109 Å². The topological polar surface area (TPSA) is 42.0 Å². The molecule has 0 spiro atoms. The summed E-state index contributed by atoms with van der Waals surface area (Å²) in [5, 5.41) is 0. The molecule has 0 aliphatic heterocycles. The first-order valence-corrected chi connectivity index (χ1v) is 13.5. The van der Waals surface area contributed by atoms with Crippen LogP contribution in [0.4, 0.5) is 8.78 Å². The molecule has 216 valence electrons. The van der Waals surface area contributed by atoms with Gasteiger partial charge in [0.25, 0.3) is 0 Å². The Hall–Kier alpha value is -4.59. The summed E-state index contributed by atoms with van der Waals surface area (Å²) >= 11 is 0. The van der Waals surface area contributed by atoms with Gasteiger partial charge in [-0.15, -0.1) is 0 Å². The van der Waals surface area contributed by atoms with E-state index in [1.165, 1.54) is 24.3 Å². The van der Waals surface area contributed by atoms with Gasteiger partial charge in [0.15, 0.2) is 5.78 Å². The zero-order valence-electron chi connectivity index (χ0n) is 24.2. The molecule has 4 aromatic rings. The van der Waals surface area contributed by atoms with Gasteiger partial charge in [0.2, 0.25) is 0 Å². The molecule has 0 bridgehead atoms. The number of nitrogens with zero attached hydrogens (tertiary/aromatic N) is 2. The van der Waals surface area contributed by atoms with Crippen molar-refractivity contribution in [2.45, 2.75) is 0 Å². The normalized spacial score (nSPS) is 12.1. The molecule has 0 heterocycles. The summed E-state index contributed by atoms with van der Waals surface area (Å²) in [6.45, 7) is 1.14. The monoisotopic (exact) mass is 568 g/mol. The maximum atomic E-state index is 14.2. The molecule has 0 unspecified atom stereocenters. The molecule has 42 heavy (non-hydrogen) atoms. The Kier molecular flexibility index (Phi) is 10.4. The highest BCUT2D eigenvalue weighted by atomic mass is 19.1. The highest BCUT2D eigenvalue weighted by molar-refractivity contribution is 6.42. The molecule has 0 saturated carbocycles. The number of halogens is 2. The summed E-state index contributed by atoms with van der Waals surface area (Å²) in [6, 6.07) is 26.2. The first kappa shape index (κ1) is 30.4. The summed E-state index contributed by atoms with van der Waals surface area (Å²) < 4.78 is 38.2. The molecule has 0 N–H and O–H groups in total. The van der Waals surface area contributed by atoms with E-state index in [-0.39, 0.29) is 17.4 Å². The third-order valence-corrected chi connectivity index (χ3v) is 6.24. The third-order valence-electron chi connectivity index (χ3n) is 6.24. The third kappa shape index (κ3) is 8.70. The van der Waals surface area contributed by atoms with Crippen LogP contribution in [0.1, 0.15) is 11.1 Å². The van der Waals surface area contributed by atoms with Gasteiger partial charge in [-0.2, -0.15) is 0 Å². The molecule has 5 nitrogen and oxygen atoms in total. The van der Waals surface area contributed by atoms with Gasteiger partial charge in [-0.3, -0.25) is 4.79 Å². The Morgan fingerprint density at radius 1 is 0.548 bits per heavy atom. The summed E-state index contributed by atoms with van der Waals surface area (Å²) in [7, 11) is 7.78. The Balaban J connectivity index is 1.62. The van der Waals surface area contributed by atoms with Crippen LogP contribution >= 0.6 is 0 Å². The quantitative estimate of drug-likeness (QED) is 0.164. The molecule has 4 rings (SSSR count). The van der Waals surface area contributed by atoms with Crippen LogP contribution in [0.25, 0.3) is 11.1 Å². The number of benzene rings is 4. The molecular weight excluding hydrogens is 534 g/mol. The Morgan fingerprint density at radius 3 is 1.12 bits per heavy atom. The fourth-order valence-corrected chi connectivity index (χ4v) is 4.06. The first-order valence-electron chi connectivity index (χ1n) is 13.5. The number of carbonyl (C=O) groups excluding carboxylic acids is 1. The van der Waals surface area contributed by atoms with E-state index < -0.39 is 0 Å². The van der Waals surface area contributed by atoms with Gasteiger partial charge in [-0.05, 0) is 112 Å². The molecule has 0 amide bonds. The number of rotatable bonds is 12. The highest BCUT2D eigenvalue weighted by Crippen LogP contribution is 2.30. The molecule has 0 aliphatic rings. The minimum Gasteiger partial charge on any atom is -0.457 e. The molecule has 0 radical (unpaired) electrons. The summed E-state index contributed by atoms with van der Waals surface area (Å²) in [6.07, 6.45) is 3.85. The minimum atomic E-state index is -0.333. The van der Waals surface area contributed by atoms with Crippen molar-refractivity contribution in [1.82, 2.24) is 9.80 Å². The van der Waals surface area contributed by atoms with Gasteiger partial charge in [0, 0.05) is 24.2 Å². The lowest BCUT2D eigenvalue weighted by Gasteiger charge is -2.15. The number of hydrogen-bond donors (Lipinski definition) is 0. The average Bonchev–Trinajstić information content (AvgIpc) is 2.97. The van der Waals surface area contributed by atoms with Gasteiger partial charge in [0.05, 0.1) is 0 Å². The van der Waals surface area contributed by atoms with Gasteiger partial charge < -0.3 is 19.3 Å². The lowest BCUT2D eigenvalue weighted by atomic mass is 9.91.